The standard InChI is InChI=1S/C29H33NO4S2/c1-18(2)22-14-23-26(35-17-30-23)15-25(22)36-27-24(32)16-29(34-28(27)33,20-6-4-3-5-7-20)13-12-19-8-10-21(31)11-9-19/h8-11,14-15,17-18,20,27,31H,3-7,12-13,16H2,1-2H3/t27?,29-/m0/s1. The van der Waals surface area contributed by atoms with Crippen LogP contribution in [-0.4, -0.2) is 32.7 Å². The van der Waals surface area contributed by atoms with E-state index in [0.717, 1.165) is 51.9 Å². The highest BCUT2D eigenvalue weighted by atomic mass is 32.2. The summed E-state index contributed by atoms with van der Waals surface area (Å²) in [6, 6.07) is 11.3. The number of thiazole rings is 1. The number of hydrogen-bond donors (Lipinski definition) is 1. The number of rotatable bonds is 7. The van der Waals surface area contributed by atoms with Gasteiger partial charge in [0.1, 0.15) is 11.4 Å². The van der Waals surface area contributed by atoms with Crippen molar-refractivity contribution in [2.75, 3.05) is 0 Å². The summed E-state index contributed by atoms with van der Waals surface area (Å²) in [5.74, 6) is 0.275. The van der Waals surface area contributed by atoms with E-state index < -0.39 is 16.8 Å². The van der Waals surface area contributed by atoms with E-state index in [1.807, 2.05) is 17.6 Å². The van der Waals surface area contributed by atoms with Crippen molar-refractivity contribution in [3.8, 4) is 5.75 Å². The Balaban J connectivity index is 1.39. The molecule has 1 unspecified atom stereocenters. The molecule has 2 aromatic carbocycles. The number of esters is 1. The minimum atomic E-state index is -0.835. The lowest BCUT2D eigenvalue weighted by Crippen LogP contribution is -2.53. The molecule has 36 heavy (non-hydrogen) atoms. The Morgan fingerprint density at radius 1 is 1.14 bits per heavy atom. The molecule has 190 valence electrons. The van der Waals surface area contributed by atoms with Crippen molar-refractivity contribution >= 4 is 45.1 Å². The van der Waals surface area contributed by atoms with E-state index in [4.69, 9.17) is 4.74 Å². The van der Waals surface area contributed by atoms with E-state index in [1.54, 1.807) is 23.5 Å². The van der Waals surface area contributed by atoms with Gasteiger partial charge in [0.05, 0.1) is 15.7 Å². The number of ketones is 1. The van der Waals surface area contributed by atoms with Crippen LogP contribution in [0.5, 0.6) is 5.75 Å². The first-order valence-corrected chi connectivity index (χ1v) is 14.7. The predicted octanol–water partition coefficient (Wildman–Crippen LogP) is 7.05. The maximum Gasteiger partial charge on any atom is 0.327 e. The van der Waals surface area contributed by atoms with Crippen LogP contribution in [0.25, 0.3) is 10.2 Å². The number of benzene rings is 2. The lowest BCUT2D eigenvalue weighted by Gasteiger charge is -2.45. The number of Topliss-reactive ketones (excluding diaryl/α,β-unsaturated/α-hetero) is 1. The number of aryl methyl sites for hydroxylation is 1. The third-order valence-corrected chi connectivity index (χ3v) is 9.83. The zero-order valence-electron chi connectivity index (χ0n) is 20.9. The van der Waals surface area contributed by atoms with Crippen LogP contribution in [0.2, 0.25) is 0 Å². The monoisotopic (exact) mass is 523 g/mol. The highest BCUT2D eigenvalue weighted by Crippen LogP contribution is 2.46. The van der Waals surface area contributed by atoms with Gasteiger partial charge in [0, 0.05) is 11.3 Å². The van der Waals surface area contributed by atoms with Crippen LogP contribution in [0.1, 0.15) is 75.8 Å². The summed E-state index contributed by atoms with van der Waals surface area (Å²) in [7, 11) is 0. The average Bonchev–Trinajstić information content (AvgIpc) is 3.33. The molecule has 7 heteroatoms. The van der Waals surface area contributed by atoms with Gasteiger partial charge >= 0.3 is 5.97 Å². The van der Waals surface area contributed by atoms with Crippen LogP contribution in [0, 0.1) is 5.92 Å². The number of cyclic esters (lactones) is 1. The number of phenolic OH excluding ortho intramolecular Hbond substituents is 1. The maximum absolute atomic E-state index is 13.7. The second kappa shape index (κ2) is 10.5. The molecule has 2 atom stereocenters. The van der Waals surface area contributed by atoms with Gasteiger partial charge in [0.15, 0.2) is 11.0 Å². The quantitative estimate of drug-likeness (QED) is 0.264. The zero-order chi connectivity index (χ0) is 25.3. The minimum Gasteiger partial charge on any atom is -0.508 e. The molecule has 1 aliphatic heterocycles. The van der Waals surface area contributed by atoms with Gasteiger partial charge in [0.25, 0.3) is 0 Å². The maximum atomic E-state index is 13.7. The van der Waals surface area contributed by atoms with Gasteiger partial charge in [0.2, 0.25) is 0 Å². The van der Waals surface area contributed by atoms with Crippen molar-refractivity contribution in [2.45, 2.75) is 86.9 Å². The summed E-state index contributed by atoms with van der Waals surface area (Å²) in [5.41, 5.74) is 4.22. The number of ether oxygens (including phenoxy) is 1. The summed E-state index contributed by atoms with van der Waals surface area (Å²) in [5, 5.41) is 8.79. The van der Waals surface area contributed by atoms with Gasteiger partial charge in [-0.05, 0) is 72.9 Å². The molecule has 0 amide bonds. The first-order valence-electron chi connectivity index (χ1n) is 12.9. The Morgan fingerprint density at radius 3 is 2.58 bits per heavy atom. The van der Waals surface area contributed by atoms with E-state index in [2.05, 4.69) is 31.0 Å². The molecule has 1 aromatic heterocycles. The molecule has 1 aliphatic carbocycles. The van der Waals surface area contributed by atoms with Gasteiger partial charge < -0.3 is 9.84 Å². The van der Waals surface area contributed by atoms with Crippen molar-refractivity contribution < 1.29 is 19.4 Å². The van der Waals surface area contributed by atoms with E-state index in [0.29, 0.717) is 12.8 Å². The molecule has 0 spiro atoms. The van der Waals surface area contributed by atoms with E-state index in [-0.39, 0.29) is 29.8 Å². The Morgan fingerprint density at radius 2 is 1.89 bits per heavy atom. The van der Waals surface area contributed by atoms with Crippen LogP contribution in [0.3, 0.4) is 0 Å². The number of phenols is 1. The van der Waals surface area contributed by atoms with Crippen LogP contribution < -0.4 is 0 Å². The molecule has 2 fully saturated rings. The van der Waals surface area contributed by atoms with Gasteiger partial charge in [-0.25, -0.2) is 4.98 Å². The largest absolute Gasteiger partial charge is 0.508 e. The average molecular weight is 524 g/mol. The highest BCUT2D eigenvalue weighted by Gasteiger charge is 2.51. The molecule has 0 radical (unpaired) electrons. The van der Waals surface area contributed by atoms with Crippen molar-refractivity contribution in [3.05, 3.63) is 53.0 Å². The molecule has 5 nitrogen and oxygen atoms in total. The third-order valence-electron chi connectivity index (χ3n) is 7.74. The summed E-state index contributed by atoms with van der Waals surface area (Å²) in [6.07, 6.45) is 7.02. The van der Waals surface area contributed by atoms with Crippen molar-refractivity contribution in [2.24, 2.45) is 5.92 Å². The van der Waals surface area contributed by atoms with E-state index >= 15 is 0 Å². The van der Waals surface area contributed by atoms with Crippen molar-refractivity contribution in [3.63, 3.8) is 0 Å². The Labute approximate surface area is 220 Å². The molecular formula is C29H33NO4S2. The lowest BCUT2D eigenvalue weighted by atomic mass is 9.70. The Bertz CT molecular complexity index is 1230. The molecule has 5 rings (SSSR count). The minimum absolute atomic E-state index is 0.0216. The predicted molar refractivity (Wildman–Crippen MR) is 145 cm³/mol. The SMILES string of the molecule is CC(C)c1cc2ncsc2cc1SC1C(=O)C[C@@](CCc2ccc(O)cc2)(C2CCCCC2)OC1=O. The van der Waals surface area contributed by atoms with E-state index in [9.17, 15) is 14.7 Å². The second-order valence-corrected chi connectivity index (χ2v) is 12.5. The summed E-state index contributed by atoms with van der Waals surface area (Å²) in [4.78, 5) is 32.6. The fourth-order valence-electron chi connectivity index (χ4n) is 5.72. The van der Waals surface area contributed by atoms with Crippen molar-refractivity contribution in [1.29, 1.82) is 0 Å². The molecule has 3 aromatic rings. The van der Waals surface area contributed by atoms with Crippen molar-refractivity contribution in [1.82, 2.24) is 4.98 Å². The van der Waals surface area contributed by atoms with Crippen LogP contribution in [-0.2, 0) is 20.7 Å². The van der Waals surface area contributed by atoms with Gasteiger partial charge in [-0.2, -0.15) is 0 Å². The molecule has 1 N–H and O–H groups in total. The Hall–Kier alpha value is -2.38. The number of aromatic hydroxyl groups is 1. The normalized spacial score (nSPS) is 23.4. The topological polar surface area (TPSA) is 76.5 Å². The molecule has 2 heterocycles. The summed E-state index contributed by atoms with van der Waals surface area (Å²) >= 11 is 2.91. The number of carbonyl (C=O) groups is 2. The molecule has 1 saturated carbocycles. The number of aromatic nitrogens is 1. The first-order chi connectivity index (χ1) is 17.3. The number of nitrogens with zero attached hydrogens (tertiary/aromatic N) is 1. The van der Waals surface area contributed by atoms with Gasteiger partial charge in [-0.1, -0.05) is 45.2 Å². The summed E-state index contributed by atoms with van der Waals surface area (Å²) in [6.45, 7) is 4.24. The zero-order valence-corrected chi connectivity index (χ0v) is 22.5. The molecule has 2 aliphatic rings. The first kappa shape index (κ1) is 25.3. The second-order valence-electron chi connectivity index (χ2n) is 10.5. The lowest BCUT2D eigenvalue weighted by molar-refractivity contribution is -0.179. The number of thioether (sulfide) groups is 1. The van der Waals surface area contributed by atoms with Gasteiger partial charge in [-0.3, -0.25) is 9.59 Å². The van der Waals surface area contributed by atoms with Crippen LogP contribution >= 0.6 is 23.1 Å². The number of fused-ring (bicyclic) bond motifs is 1. The molecule has 1 saturated heterocycles. The third kappa shape index (κ3) is 5.18. The van der Waals surface area contributed by atoms with E-state index in [1.165, 1.54) is 18.2 Å². The van der Waals surface area contributed by atoms with Crippen LogP contribution in [0.4, 0.5) is 0 Å². The fourth-order valence-corrected chi connectivity index (χ4v) is 7.72. The fraction of sp³-hybridized carbons (Fsp3) is 0.483. The molecule has 0 bridgehead atoms. The molecular weight excluding hydrogens is 490 g/mol. The summed E-state index contributed by atoms with van der Waals surface area (Å²) < 4.78 is 7.41. The smallest absolute Gasteiger partial charge is 0.327 e. The van der Waals surface area contributed by atoms with Crippen LogP contribution in [0.15, 0.2) is 46.8 Å². The number of carbonyl (C=O) groups excluding carboxylic acids is 2. The highest BCUT2D eigenvalue weighted by molar-refractivity contribution is 8.01. The van der Waals surface area contributed by atoms with Gasteiger partial charge in [-0.15, -0.1) is 23.1 Å². The number of hydrogen-bond acceptors (Lipinski definition) is 7. The Kier molecular flexibility index (Phi) is 7.40.